The van der Waals surface area contributed by atoms with Crippen molar-refractivity contribution in [2.24, 2.45) is 0 Å². The molecule has 0 aliphatic heterocycles. The summed E-state index contributed by atoms with van der Waals surface area (Å²) in [5, 5.41) is 12.0. The monoisotopic (exact) mass is 498 g/mol. The Morgan fingerprint density at radius 3 is 2.53 bits per heavy atom. The third kappa shape index (κ3) is 4.36. The third-order valence-electron chi connectivity index (χ3n) is 5.40. The van der Waals surface area contributed by atoms with Crippen molar-refractivity contribution in [3.05, 3.63) is 75.6 Å². The van der Waals surface area contributed by atoms with Crippen molar-refractivity contribution in [3.8, 4) is 11.8 Å². The normalized spacial score (nSPS) is 12.3. The number of alkyl halides is 3. The van der Waals surface area contributed by atoms with Crippen LogP contribution in [-0.4, -0.2) is 19.5 Å². The quantitative estimate of drug-likeness (QED) is 0.351. The van der Waals surface area contributed by atoms with Crippen LogP contribution in [-0.2, 0) is 6.18 Å². The molecular weight excluding hydrogens is 480 g/mol. The molecule has 2 aromatic heterocycles. The van der Waals surface area contributed by atoms with E-state index in [2.05, 4.69) is 20.3 Å². The van der Waals surface area contributed by atoms with Gasteiger partial charge in [0, 0.05) is 0 Å². The van der Waals surface area contributed by atoms with Gasteiger partial charge in [0.15, 0.2) is 5.82 Å². The maximum atomic E-state index is 14.6. The maximum absolute atomic E-state index is 14.6. The second-order valence-corrected chi connectivity index (χ2v) is 7.70. The van der Waals surface area contributed by atoms with E-state index >= 15 is 0 Å². The number of fused-ring (bicyclic) bond motifs is 1. The topological polar surface area (TPSA) is 149 Å². The van der Waals surface area contributed by atoms with Crippen LogP contribution in [0.1, 0.15) is 36.3 Å². The van der Waals surface area contributed by atoms with Gasteiger partial charge in [0.1, 0.15) is 34.5 Å². The van der Waals surface area contributed by atoms with Crippen LogP contribution < -0.4 is 22.3 Å². The van der Waals surface area contributed by atoms with Crippen molar-refractivity contribution in [2.75, 3.05) is 16.8 Å². The van der Waals surface area contributed by atoms with Gasteiger partial charge in [-0.25, -0.2) is 9.37 Å². The van der Waals surface area contributed by atoms with E-state index in [1.807, 2.05) is 6.07 Å². The number of aromatic nitrogens is 4. The van der Waals surface area contributed by atoms with Crippen molar-refractivity contribution in [1.29, 1.82) is 5.26 Å². The van der Waals surface area contributed by atoms with Crippen LogP contribution in [0.3, 0.4) is 0 Å². The van der Waals surface area contributed by atoms with Crippen molar-refractivity contribution in [2.45, 2.75) is 25.6 Å². The second-order valence-electron chi connectivity index (χ2n) is 7.70. The summed E-state index contributed by atoms with van der Waals surface area (Å²) in [7, 11) is 0. The molecule has 0 spiro atoms. The summed E-state index contributed by atoms with van der Waals surface area (Å²) in [5.74, 6) is -1.39. The molecule has 0 bridgehead atoms. The van der Waals surface area contributed by atoms with Gasteiger partial charge in [0.05, 0.1) is 22.8 Å². The van der Waals surface area contributed by atoms with Crippen molar-refractivity contribution < 1.29 is 17.6 Å². The number of nitrogen functional groups attached to an aromatic ring is 2. The smallest absolute Gasteiger partial charge is 0.382 e. The summed E-state index contributed by atoms with van der Waals surface area (Å²) in [4.78, 5) is 25.6. The largest absolute Gasteiger partial charge is 0.416 e. The molecule has 2 heterocycles. The first-order valence-corrected chi connectivity index (χ1v) is 10.5. The molecular formula is C23H18F4N8O. The van der Waals surface area contributed by atoms with Crippen LogP contribution in [0, 0.1) is 17.1 Å². The fraction of sp³-hybridized carbons (Fsp3) is 0.174. The SMILES string of the molecule is CC[C@H](Nc1nc(N)nc(N)c1C#N)c1nc2cccc(F)c2c(=O)n1-c1cccc(C(F)(F)F)c1. The van der Waals surface area contributed by atoms with E-state index in [4.69, 9.17) is 11.5 Å². The van der Waals surface area contributed by atoms with Gasteiger partial charge >= 0.3 is 6.18 Å². The molecule has 0 aliphatic carbocycles. The van der Waals surface area contributed by atoms with Crippen molar-refractivity contribution in [1.82, 2.24) is 19.5 Å². The predicted octanol–water partition coefficient (Wildman–Crippen LogP) is 3.93. The molecule has 0 radical (unpaired) electrons. The number of nitrogens with two attached hydrogens (primary N) is 2. The lowest BCUT2D eigenvalue weighted by atomic mass is 10.1. The zero-order valence-corrected chi connectivity index (χ0v) is 18.6. The summed E-state index contributed by atoms with van der Waals surface area (Å²) in [5.41, 5.74) is 9.22. The van der Waals surface area contributed by atoms with Crippen LogP contribution in [0.15, 0.2) is 47.3 Å². The molecule has 0 saturated heterocycles. The van der Waals surface area contributed by atoms with Crippen LogP contribution in [0.25, 0.3) is 16.6 Å². The highest BCUT2D eigenvalue weighted by Gasteiger charge is 2.31. The highest BCUT2D eigenvalue weighted by Crippen LogP contribution is 2.32. The fourth-order valence-corrected chi connectivity index (χ4v) is 3.74. The minimum Gasteiger partial charge on any atom is -0.382 e. The van der Waals surface area contributed by atoms with E-state index in [-0.39, 0.29) is 52.0 Å². The molecule has 0 unspecified atom stereocenters. The summed E-state index contributed by atoms with van der Waals surface area (Å²) in [6.45, 7) is 1.70. The number of halogens is 4. The number of hydrogen-bond acceptors (Lipinski definition) is 8. The third-order valence-corrected chi connectivity index (χ3v) is 5.40. The Bertz CT molecular complexity index is 1580. The summed E-state index contributed by atoms with van der Waals surface area (Å²) in [6.07, 6.45) is -4.46. The number of nitriles is 1. The zero-order valence-electron chi connectivity index (χ0n) is 18.6. The van der Waals surface area contributed by atoms with Crippen molar-refractivity contribution in [3.63, 3.8) is 0 Å². The van der Waals surface area contributed by atoms with Crippen LogP contribution in [0.4, 0.5) is 35.1 Å². The van der Waals surface area contributed by atoms with E-state index in [9.17, 15) is 27.6 Å². The summed E-state index contributed by atoms with van der Waals surface area (Å²) < 4.78 is 55.8. The number of nitrogens with zero attached hydrogens (tertiary/aromatic N) is 5. The second kappa shape index (κ2) is 9.14. The fourth-order valence-electron chi connectivity index (χ4n) is 3.74. The van der Waals surface area contributed by atoms with E-state index in [1.54, 1.807) is 6.92 Å². The molecule has 0 amide bonds. The van der Waals surface area contributed by atoms with Crippen LogP contribution in [0.2, 0.25) is 0 Å². The van der Waals surface area contributed by atoms with Gasteiger partial charge in [-0.3, -0.25) is 9.36 Å². The Morgan fingerprint density at radius 2 is 1.86 bits per heavy atom. The first-order chi connectivity index (χ1) is 17.0. The molecule has 184 valence electrons. The maximum Gasteiger partial charge on any atom is 0.416 e. The van der Waals surface area contributed by atoms with Gasteiger partial charge in [0.25, 0.3) is 5.56 Å². The average Bonchev–Trinajstić information content (AvgIpc) is 2.81. The Morgan fingerprint density at radius 1 is 1.14 bits per heavy atom. The number of anilines is 3. The summed E-state index contributed by atoms with van der Waals surface area (Å²) >= 11 is 0. The lowest BCUT2D eigenvalue weighted by Crippen LogP contribution is -2.29. The molecule has 2 aromatic carbocycles. The van der Waals surface area contributed by atoms with Gasteiger partial charge < -0.3 is 16.8 Å². The molecule has 1 atom stereocenters. The lowest BCUT2D eigenvalue weighted by Gasteiger charge is -2.23. The van der Waals surface area contributed by atoms with Crippen LogP contribution >= 0.6 is 0 Å². The van der Waals surface area contributed by atoms with Crippen molar-refractivity contribution >= 4 is 28.5 Å². The van der Waals surface area contributed by atoms with E-state index in [1.165, 1.54) is 18.2 Å². The molecule has 9 nitrogen and oxygen atoms in total. The molecule has 4 aromatic rings. The van der Waals surface area contributed by atoms with Gasteiger partial charge in [-0.05, 0) is 36.8 Å². The zero-order chi connectivity index (χ0) is 26.2. The van der Waals surface area contributed by atoms with Crippen LogP contribution in [0.5, 0.6) is 0 Å². The van der Waals surface area contributed by atoms with E-state index < -0.39 is 29.2 Å². The Balaban J connectivity index is 2.00. The Hall–Kier alpha value is -4.73. The van der Waals surface area contributed by atoms with E-state index in [0.717, 1.165) is 28.8 Å². The number of rotatable bonds is 5. The minimum absolute atomic E-state index is 0.000646. The standard InChI is InChI=1S/C23H18F4N8O/c1-2-15(31-19-13(10-28)18(29)33-22(30)34-19)20-32-16-8-4-7-14(24)17(16)21(36)35(20)12-6-3-5-11(9-12)23(25,26)27/h3-9,15H,2H2,1H3,(H5,29,30,31,33,34)/t15-/m0/s1. The Labute approximate surface area is 201 Å². The molecule has 0 fully saturated rings. The minimum atomic E-state index is -4.69. The average molecular weight is 498 g/mol. The molecule has 36 heavy (non-hydrogen) atoms. The van der Waals surface area contributed by atoms with Gasteiger partial charge in [0.2, 0.25) is 5.95 Å². The Kier molecular flexibility index (Phi) is 6.19. The first kappa shape index (κ1) is 24.4. The highest BCUT2D eigenvalue weighted by atomic mass is 19.4. The molecule has 0 saturated carbocycles. The molecule has 4 rings (SSSR count). The molecule has 5 N–H and O–H groups in total. The van der Waals surface area contributed by atoms with Gasteiger partial charge in [-0.2, -0.15) is 28.4 Å². The van der Waals surface area contributed by atoms with Gasteiger partial charge in [-0.1, -0.05) is 19.1 Å². The van der Waals surface area contributed by atoms with Gasteiger partial charge in [-0.15, -0.1) is 0 Å². The lowest BCUT2D eigenvalue weighted by molar-refractivity contribution is -0.137. The number of benzene rings is 2. The highest BCUT2D eigenvalue weighted by molar-refractivity contribution is 5.79. The molecule has 0 aliphatic rings. The predicted molar refractivity (Wildman–Crippen MR) is 125 cm³/mol. The molecule has 13 heteroatoms. The number of nitrogens with one attached hydrogen (secondary N) is 1. The summed E-state index contributed by atoms with van der Waals surface area (Å²) in [6, 6.07) is 8.83. The number of hydrogen-bond donors (Lipinski definition) is 3. The first-order valence-electron chi connectivity index (χ1n) is 10.5. The van der Waals surface area contributed by atoms with E-state index in [0.29, 0.717) is 0 Å².